The summed E-state index contributed by atoms with van der Waals surface area (Å²) >= 11 is 3.70. The normalized spacial score (nSPS) is 12.3. The zero-order chi connectivity index (χ0) is 14.6. The maximum atomic E-state index is 5.49. The summed E-state index contributed by atoms with van der Waals surface area (Å²) in [5, 5.41) is 1.06. The van der Waals surface area contributed by atoms with E-state index in [0.29, 0.717) is 5.41 Å². The highest BCUT2D eigenvalue weighted by molar-refractivity contribution is 9.09. The molecule has 116 valence electrons. The van der Waals surface area contributed by atoms with Crippen molar-refractivity contribution in [3.05, 3.63) is 0 Å². The molecule has 0 aromatic heterocycles. The van der Waals surface area contributed by atoms with Crippen LogP contribution in [0.25, 0.3) is 0 Å². The summed E-state index contributed by atoms with van der Waals surface area (Å²) in [6.45, 7) is 15.0. The molecule has 0 amide bonds. The van der Waals surface area contributed by atoms with E-state index in [-0.39, 0.29) is 0 Å². The van der Waals surface area contributed by atoms with E-state index < -0.39 is 0 Å². The van der Waals surface area contributed by atoms with Gasteiger partial charge in [0.2, 0.25) is 0 Å². The van der Waals surface area contributed by atoms with Crippen molar-refractivity contribution >= 4 is 15.9 Å². The number of halogens is 1. The zero-order valence-electron chi connectivity index (χ0n) is 13.2. The fourth-order valence-corrected chi connectivity index (χ4v) is 3.10. The van der Waals surface area contributed by atoms with Crippen LogP contribution in [-0.2, 0) is 9.47 Å². The first-order valence-corrected chi connectivity index (χ1v) is 8.73. The lowest BCUT2D eigenvalue weighted by Gasteiger charge is -2.36. The highest BCUT2D eigenvalue weighted by Crippen LogP contribution is 2.29. The molecule has 0 rings (SSSR count). The first-order valence-electron chi connectivity index (χ1n) is 7.61. The number of alkyl halides is 1. The van der Waals surface area contributed by atoms with E-state index in [2.05, 4.69) is 34.7 Å². The molecule has 0 N–H and O–H groups in total. The molecular weight excluding hydrogens is 306 g/mol. The minimum Gasteiger partial charge on any atom is -0.380 e. The predicted molar refractivity (Wildman–Crippen MR) is 86.2 cm³/mol. The van der Waals surface area contributed by atoms with E-state index in [1.807, 2.05) is 13.8 Å². The summed E-state index contributed by atoms with van der Waals surface area (Å²) < 4.78 is 11.0. The molecule has 0 aromatic rings. The van der Waals surface area contributed by atoms with Crippen molar-refractivity contribution in [1.29, 1.82) is 0 Å². The standard InChI is InChI=1S/C15H32BrNO2/c1-5-15(6-2,13-16)14-17(9-11-18-7-3)10-12-19-8-4/h5-14H2,1-4H3. The lowest BCUT2D eigenvalue weighted by Crippen LogP contribution is -2.41. The molecule has 4 heteroatoms. The number of ether oxygens (including phenoxy) is 2. The summed E-state index contributed by atoms with van der Waals surface area (Å²) in [6, 6.07) is 0. The number of hydrogen-bond donors (Lipinski definition) is 0. The Hall–Kier alpha value is 0.360. The van der Waals surface area contributed by atoms with Gasteiger partial charge in [0.1, 0.15) is 0 Å². The first kappa shape index (κ1) is 19.4. The van der Waals surface area contributed by atoms with Crippen molar-refractivity contribution in [2.75, 3.05) is 51.4 Å². The number of hydrogen-bond acceptors (Lipinski definition) is 3. The van der Waals surface area contributed by atoms with Gasteiger partial charge in [-0.1, -0.05) is 29.8 Å². The third-order valence-electron chi connectivity index (χ3n) is 3.85. The highest BCUT2D eigenvalue weighted by atomic mass is 79.9. The molecule has 19 heavy (non-hydrogen) atoms. The largest absolute Gasteiger partial charge is 0.380 e. The predicted octanol–water partition coefficient (Wildman–Crippen LogP) is 3.56. The van der Waals surface area contributed by atoms with Crippen LogP contribution >= 0.6 is 15.9 Å². The van der Waals surface area contributed by atoms with Gasteiger partial charge in [0, 0.05) is 38.2 Å². The van der Waals surface area contributed by atoms with Crippen molar-refractivity contribution in [2.45, 2.75) is 40.5 Å². The molecule has 0 spiro atoms. The summed E-state index contributed by atoms with van der Waals surface area (Å²) in [7, 11) is 0. The highest BCUT2D eigenvalue weighted by Gasteiger charge is 2.27. The van der Waals surface area contributed by atoms with Gasteiger partial charge in [-0.25, -0.2) is 0 Å². The van der Waals surface area contributed by atoms with E-state index in [1.165, 1.54) is 12.8 Å². The third-order valence-corrected chi connectivity index (χ3v) is 5.04. The fourth-order valence-electron chi connectivity index (χ4n) is 2.13. The van der Waals surface area contributed by atoms with Gasteiger partial charge in [0.15, 0.2) is 0 Å². The van der Waals surface area contributed by atoms with Crippen LogP contribution in [0, 0.1) is 5.41 Å². The van der Waals surface area contributed by atoms with Crippen LogP contribution in [0.5, 0.6) is 0 Å². The summed E-state index contributed by atoms with van der Waals surface area (Å²) in [5.41, 5.74) is 0.373. The summed E-state index contributed by atoms with van der Waals surface area (Å²) in [4.78, 5) is 2.49. The Labute approximate surface area is 128 Å². The van der Waals surface area contributed by atoms with Crippen LogP contribution in [0.3, 0.4) is 0 Å². The van der Waals surface area contributed by atoms with E-state index in [0.717, 1.165) is 51.4 Å². The molecule has 0 aliphatic rings. The molecule has 0 fully saturated rings. The second-order valence-corrected chi connectivity index (χ2v) is 5.57. The second-order valence-electron chi connectivity index (χ2n) is 5.01. The zero-order valence-corrected chi connectivity index (χ0v) is 14.8. The van der Waals surface area contributed by atoms with Gasteiger partial charge in [0.25, 0.3) is 0 Å². The van der Waals surface area contributed by atoms with E-state index >= 15 is 0 Å². The van der Waals surface area contributed by atoms with Gasteiger partial charge < -0.3 is 9.47 Å². The molecule has 0 radical (unpaired) electrons. The van der Waals surface area contributed by atoms with Crippen molar-refractivity contribution in [3.8, 4) is 0 Å². The van der Waals surface area contributed by atoms with Crippen molar-refractivity contribution in [3.63, 3.8) is 0 Å². The third kappa shape index (κ3) is 8.28. The van der Waals surface area contributed by atoms with Gasteiger partial charge in [-0.05, 0) is 32.1 Å². The second kappa shape index (κ2) is 12.1. The topological polar surface area (TPSA) is 21.7 Å². The first-order chi connectivity index (χ1) is 9.17. The minimum atomic E-state index is 0.373. The molecule has 0 bridgehead atoms. The number of rotatable bonds is 13. The van der Waals surface area contributed by atoms with E-state index in [9.17, 15) is 0 Å². The van der Waals surface area contributed by atoms with Crippen LogP contribution < -0.4 is 0 Å². The quantitative estimate of drug-likeness (QED) is 0.379. The van der Waals surface area contributed by atoms with Crippen LogP contribution in [-0.4, -0.2) is 56.3 Å². The van der Waals surface area contributed by atoms with Gasteiger partial charge in [0.05, 0.1) is 13.2 Å². The Morgan fingerprint density at radius 3 is 1.68 bits per heavy atom. The molecule has 0 unspecified atom stereocenters. The maximum absolute atomic E-state index is 5.49. The van der Waals surface area contributed by atoms with Crippen molar-refractivity contribution in [2.24, 2.45) is 5.41 Å². The van der Waals surface area contributed by atoms with Crippen molar-refractivity contribution < 1.29 is 9.47 Å². The Balaban J connectivity index is 4.35. The summed E-state index contributed by atoms with van der Waals surface area (Å²) in [5.74, 6) is 0. The number of nitrogens with zero attached hydrogens (tertiary/aromatic N) is 1. The molecule has 0 saturated heterocycles. The van der Waals surface area contributed by atoms with Gasteiger partial charge >= 0.3 is 0 Å². The van der Waals surface area contributed by atoms with Crippen LogP contribution in [0.15, 0.2) is 0 Å². The molecule has 0 aliphatic carbocycles. The van der Waals surface area contributed by atoms with Gasteiger partial charge in [-0.15, -0.1) is 0 Å². The fraction of sp³-hybridized carbons (Fsp3) is 1.00. The van der Waals surface area contributed by atoms with Gasteiger partial charge in [-0.3, -0.25) is 4.90 Å². The van der Waals surface area contributed by atoms with E-state index in [1.54, 1.807) is 0 Å². The summed E-state index contributed by atoms with van der Waals surface area (Å²) in [6.07, 6.45) is 2.41. The van der Waals surface area contributed by atoms with Crippen molar-refractivity contribution in [1.82, 2.24) is 4.90 Å². The monoisotopic (exact) mass is 337 g/mol. The molecule has 0 saturated carbocycles. The van der Waals surface area contributed by atoms with Gasteiger partial charge in [-0.2, -0.15) is 0 Å². The average molecular weight is 338 g/mol. The Bertz CT molecular complexity index is 180. The van der Waals surface area contributed by atoms with Crippen LogP contribution in [0.4, 0.5) is 0 Å². The molecule has 0 aliphatic heterocycles. The van der Waals surface area contributed by atoms with Crippen LogP contribution in [0.2, 0.25) is 0 Å². The Kier molecular flexibility index (Phi) is 12.4. The molecule has 0 heterocycles. The molecule has 0 aromatic carbocycles. The smallest absolute Gasteiger partial charge is 0.0593 e. The molecule has 0 atom stereocenters. The van der Waals surface area contributed by atoms with Crippen LogP contribution in [0.1, 0.15) is 40.5 Å². The maximum Gasteiger partial charge on any atom is 0.0593 e. The Morgan fingerprint density at radius 2 is 1.37 bits per heavy atom. The molecular formula is C15H32BrNO2. The average Bonchev–Trinajstić information content (AvgIpc) is 2.45. The van der Waals surface area contributed by atoms with E-state index in [4.69, 9.17) is 9.47 Å². The molecule has 3 nitrogen and oxygen atoms in total. The SMILES string of the molecule is CCOCCN(CCOCC)CC(CC)(CC)CBr. The lowest BCUT2D eigenvalue weighted by atomic mass is 9.84. The Morgan fingerprint density at radius 1 is 0.895 bits per heavy atom. The minimum absolute atomic E-state index is 0.373. The lowest BCUT2D eigenvalue weighted by molar-refractivity contribution is 0.0612.